The lowest BCUT2D eigenvalue weighted by Gasteiger charge is -2.18. The lowest BCUT2D eigenvalue weighted by molar-refractivity contribution is -0.130. The van der Waals surface area contributed by atoms with Crippen LogP contribution < -0.4 is 5.32 Å². The van der Waals surface area contributed by atoms with E-state index < -0.39 is 0 Å². The van der Waals surface area contributed by atoms with Crippen molar-refractivity contribution in [3.8, 4) is 0 Å². The van der Waals surface area contributed by atoms with Gasteiger partial charge in [0.2, 0.25) is 11.8 Å². The lowest BCUT2D eigenvalue weighted by atomic mass is 10.3. The number of para-hydroxylation sites is 1. The van der Waals surface area contributed by atoms with Crippen molar-refractivity contribution < 1.29 is 9.59 Å². The first kappa shape index (κ1) is 16.9. The van der Waals surface area contributed by atoms with Crippen molar-refractivity contribution in [2.24, 2.45) is 0 Å². The number of carbonyl (C=O) groups excluding carboxylic acids is 2. The fourth-order valence-corrected chi connectivity index (χ4v) is 3.74. The Morgan fingerprint density at radius 3 is 3.00 bits per heavy atom. The van der Waals surface area contributed by atoms with E-state index in [1.165, 1.54) is 4.70 Å². The zero-order chi connectivity index (χ0) is 16.9. The third-order valence-corrected chi connectivity index (χ3v) is 5.22. The minimum Gasteiger partial charge on any atom is -0.355 e. The van der Waals surface area contributed by atoms with E-state index in [0.29, 0.717) is 13.1 Å². The van der Waals surface area contributed by atoms with Crippen LogP contribution in [-0.2, 0) is 16.0 Å². The van der Waals surface area contributed by atoms with Crippen LogP contribution in [0.5, 0.6) is 0 Å². The SMILES string of the molecule is CN1CCCN(CC(=O)NCCc2nc3ccccc3s2)CC1=O. The summed E-state index contributed by atoms with van der Waals surface area (Å²) in [6.45, 7) is 2.71. The summed E-state index contributed by atoms with van der Waals surface area (Å²) in [7, 11) is 1.81. The highest BCUT2D eigenvalue weighted by molar-refractivity contribution is 7.18. The van der Waals surface area contributed by atoms with Crippen LogP contribution in [0, 0.1) is 0 Å². The molecule has 0 unspecified atom stereocenters. The number of hydrogen-bond donors (Lipinski definition) is 1. The fraction of sp³-hybridized carbons (Fsp3) is 0.471. The number of fused-ring (bicyclic) bond motifs is 1. The van der Waals surface area contributed by atoms with Crippen LogP contribution in [0.1, 0.15) is 11.4 Å². The number of rotatable bonds is 5. The van der Waals surface area contributed by atoms with Gasteiger partial charge in [0.25, 0.3) is 0 Å². The van der Waals surface area contributed by atoms with Crippen LogP contribution in [-0.4, -0.2) is 66.4 Å². The molecule has 24 heavy (non-hydrogen) atoms. The Labute approximate surface area is 145 Å². The molecule has 1 aliphatic heterocycles. The van der Waals surface area contributed by atoms with Crippen molar-refractivity contribution in [1.82, 2.24) is 20.1 Å². The molecule has 1 N–H and O–H groups in total. The van der Waals surface area contributed by atoms with E-state index >= 15 is 0 Å². The van der Waals surface area contributed by atoms with Gasteiger partial charge < -0.3 is 10.2 Å². The molecule has 7 heteroatoms. The summed E-state index contributed by atoms with van der Waals surface area (Å²) in [4.78, 5) is 32.1. The molecule has 2 aromatic rings. The highest BCUT2D eigenvalue weighted by Gasteiger charge is 2.20. The van der Waals surface area contributed by atoms with E-state index in [1.54, 1.807) is 16.2 Å². The van der Waals surface area contributed by atoms with Gasteiger partial charge in [0.1, 0.15) is 0 Å². The Bertz CT molecular complexity index is 697. The van der Waals surface area contributed by atoms with Crippen LogP contribution in [0.2, 0.25) is 0 Å². The summed E-state index contributed by atoms with van der Waals surface area (Å²) >= 11 is 1.66. The predicted octanol–water partition coefficient (Wildman–Crippen LogP) is 1.12. The Balaban J connectivity index is 1.44. The number of amides is 2. The highest BCUT2D eigenvalue weighted by Crippen LogP contribution is 2.21. The number of hydrogen-bond acceptors (Lipinski definition) is 5. The zero-order valence-corrected chi connectivity index (χ0v) is 14.6. The van der Waals surface area contributed by atoms with Crippen molar-refractivity contribution in [2.75, 3.05) is 39.8 Å². The molecule has 0 radical (unpaired) electrons. The molecule has 1 fully saturated rings. The largest absolute Gasteiger partial charge is 0.355 e. The second kappa shape index (κ2) is 7.72. The predicted molar refractivity (Wildman–Crippen MR) is 95.0 cm³/mol. The molecule has 2 amide bonds. The molecular formula is C17H22N4O2S. The van der Waals surface area contributed by atoms with Crippen LogP contribution in [0.25, 0.3) is 10.2 Å². The van der Waals surface area contributed by atoms with Gasteiger partial charge in [-0.25, -0.2) is 4.98 Å². The molecule has 1 aliphatic rings. The normalized spacial score (nSPS) is 16.4. The molecule has 2 heterocycles. The van der Waals surface area contributed by atoms with Crippen LogP contribution in [0.4, 0.5) is 0 Å². The number of likely N-dealkylation sites (N-methyl/N-ethyl adjacent to an activating group) is 1. The Morgan fingerprint density at radius 1 is 1.33 bits per heavy atom. The fourth-order valence-electron chi connectivity index (χ4n) is 2.78. The number of benzene rings is 1. The summed E-state index contributed by atoms with van der Waals surface area (Å²) in [5, 5.41) is 3.96. The maximum atomic E-state index is 12.1. The smallest absolute Gasteiger partial charge is 0.236 e. The van der Waals surface area contributed by atoms with Crippen LogP contribution in [0.15, 0.2) is 24.3 Å². The molecule has 3 rings (SSSR count). The van der Waals surface area contributed by atoms with Gasteiger partial charge in [0, 0.05) is 33.1 Å². The third-order valence-electron chi connectivity index (χ3n) is 4.12. The van der Waals surface area contributed by atoms with Gasteiger partial charge in [-0.3, -0.25) is 14.5 Å². The molecule has 6 nitrogen and oxygen atoms in total. The maximum absolute atomic E-state index is 12.1. The van der Waals surface area contributed by atoms with E-state index in [0.717, 1.165) is 36.5 Å². The third kappa shape index (κ3) is 4.30. The van der Waals surface area contributed by atoms with Crippen molar-refractivity contribution in [2.45, 2.75) is 12.8 Å². The average Bonchev–Trinajstić information content (AvgIpc) is 2.89. The quantitative estimate of drug-likeness (QED) is 0.881. The van der Waals surface area contributed by atoms with Gasteiger partial charge in [-0.15, -0.1) is 11.3 Å². The van der Waals surface area contributed by atoms with Gasteiger partial charge in [0.15, 0.2) is 0 Å². The van der Waals surface area contributed by atoms with Crippen molar-refractivity contribution in [3.63, 3.8) is 0 Å². The first-order chi connectivity index (χ1) is 11.6. The van der Waals surface area contributed by atoms with E-state index in [2.05, 4.69) is 16.4 Å². The molecule has 0 aliphatic carbocycles. The highest BCUT2D eigenvalue weighted by atomic mass is 32.1. The van der Waals surface area contributed by atoms with Crippen molar-refractivity contribution >= 4 is 33.4 Å². The van der Waals surface area contributed by atoms with Gasteiger partial charge in [-0.05, 0) is 18.6 Å². The Morgan fingerprint density at radius 2 is 2.17 bits per heavy atom. The summed E-state index contributed by atoms with van der Waals surface area (Å²) in [6, 6.07) is 8.04. The average molecular weight is 346 g/mol. The molecule has 0 bridgehead atoms. The number of nitrogens with zero attached hydrogens (tertiary/aromatic N) is 3. The van der Waals surface area contributed by atoms with E-state index in [9.17, 15) is 9.59 Å². The minimum atomic E-state index is -0.0338. The molecule has 128 valence electrons. The summed E-state index contributed by atoms with van der Waals surface area (Å²) in [5.74, 6) is 0.0447. The van der Waals surface area contributed by atoms with E-state index in [1.807, 2.05) is 30.1 Å². The first-order valence-electron chi connectivity index (χ1n) is 8.19. The summed E-state index contributed by atoms with van der Waals surface area (Å²) < 4.78 is 1.17. The number of thiazole rings is 1. The number of aromatic nitrogens is 1. The second-order valence-electron chi connectivity index (χ2n) is 6.05. The van der Waals surface area contributed by atoms with E-state index in [4.69, 9.17) is 0 Å². The van der Waals surface area contributed by atoms with Crippen molar-refractivity contribution in [3.05, 3.63) is 29.3 Å². The van der Waals surface area contributed by atoms with Gasteiger partial charge >= 0.3 is 0 Å². The molecule has 1 saturated heterocycles. The second-order valence-corrected chi connectivity index (χ2v) is 7.17. The minimum absolute atomic E-state index is 0.0338. The Kier molecular flexibility index (Phi) is 5.42. The number of nitrogens with one attached hydrogen (secondary N) is 1. The van der Waals surface area contributed by atoms with Gasteiger partial charge in [-0.1, -0.05) is 12.1 Å². The van der Waals surface area contributed by atoms with E-state index in [-0.39, 0.29) is 18.4 Å². The standard InChI is InChI=1S/C17H22N4O2S/c1-20-9-4-10-21(12-17(20)23)11-15(22)18-8-7-16-19-13-5-2-3-6-14(13)24-16/h2-3,5-6H,4,7-12H2,1H3,(H,18,22). The number of carbonyl (C=O) groups is 2. The molecule has 0 saturated carbocycles. The van der Waals surface area contributed by atoms with Crippen LogP contribution >= 0.6 is 11.3 Å². The van der Waals surface area contributed by atoms with Gasteiger partial charge in [0.05, 0.1) is 28.3 Å². The first-order valence-corrected chi connectivity index (χ1v) is 9.01. The lowest BCUT2D eigenvalue weighted by Crippen LogP contribution is -2.41. The molecule has 1 aromatic heterocycles. The Hall–Kier alpha value is -1.99. The molecule has 0 spiro atoms. The maximum Gasteiger partial charge on any atom is 0.236 e. The zero-order valence-electron chi connectivity index (χ0n) is 13.8. The van der Waals surface area contributed by atoms with Crippen molar-refractivity contribution in [1.29, 1.82) is 0 Å². The monoisotopic (exact) mass is 346 g/mol. The van der Waals surface area contributed by atoms with Gasteiger partial charge in [-0.2, -0.15) is 0 Å². The van der Waals surface area contributed by atoms with Crippen LogP contribution in [0.3, 0.4) is 0 Å². The molecule has 1 aromatic carbocycles. The molecular weight excluding hydrogens is 324 g/mol. The topological polar surface area (TPSA) is 65.5 Å². The molecule has 0 atom stereocenters. The summed E-state index contributed by atoms with van der Waals surface area (Å²) in [6.07, 6.45) is 1.63. The summed E-state index contributed by atoms with van der Waals surface area (Å²) in [5.41, 5.74) is 1.01.